The molecule has 0 aliphatic heterocycles. The van der Waals surface area contributed by atoms with Crippen molar-refractivity contribution in [2.24, 2.45) is 0 Å². The summed E-state index contributed by atoms with van der Waals surface area (Å²) in [5.41, 5.74) is 5.84. The van der Waals surface area contributed by atoms with Gasteiger partial charge in [0.2, 0.25) is 0 Å². The Labute approximate surface area is 110 Å². The van der Waals surface area contributed by atoms with Crippen LogP contribution in [0.25, 0.3) is 0 Å². The van der Waals surface area contributed by atoms with E-state index in [0.29, 0.717) is 9.88 Å². The van der Waals surface area contributed by atoms with Crippen LogP contribution in [0.2, 0.25) is 0 Å². The van der Waals surface area contributed by atoms with Gasteiger partial charge in [0.05, 0.1) is 0 Å². The number of nitrogens with zero attached hydrogens (tertiary/aromatic N) is 1. The fourth-order valence-electron chi connectivity index (χ4n) is 1.18. The van der Waals surface area contributed by atoms with Gasteiger partial charge in [-0.2, -0.15) is 5.26 Å². The maximum atomic E-state index is 8.77. The number of halogens is 1. The molecule has 1 heterocycles. The third-order valence-electron chi connectivity index (χ3n) is 1.86. The third-order valence-corrected chi connectivity index (χ3v) is 4.40. The summed E-state index contributed by atoms with van der Waals surface area (Å²) >= 11 is 6.31. The first-order valence-electron chi connectivity index (χ1n) is 4.42. The van der Waals surface area contributed by atoms with Gasteiger partial charge in [-0.3, -0.25) is 0 Å². The first-order chi connectivity index (χ1) is 7.69. The van der Waals surface area contributed by atoms with Crippen LogP contribution in [0, 0.1) is 11.3 Å². The second-order valence-corrected chi connectivity index (χ2v) is 6.13. The van der Waals surface area contributed by atoms with Gasteiger partial charge in [-0.15, -0.1) is 11.3 Å². The van der Waals surface area contributed by atoms with Crippen molar-refractivity contribution in [1.82, 2.24) is 0 Å². The summed E-state index contributed by atoms with van der Waals surface area (Å²) in [6.07, 6.45) is 0. The highest BCUT2D eigenvalue weighted by molar-refractivity contribution is 9.10. The quantitative estimate of drug-likeness (QED) is 0.908. The molecule has 0 radical (unpaired) electrons. The summed E-state index contributed by atoms with van der Waals surface area (Å²) in [6.45, 7) is 0. The van der Waals surface area contributed by atoms with Crippen LogP contribution >= 0.6 is 39.0 Å². The Kier molecular flexibility index (Phi) is 3.54. The molecule has 16 heavy (non-hydrogen) atoms. The smallest absolute Gasteiger partial charge is 0.110 e. The molecule has 2 N–H and O–H groups in total. The molecule has 2 rings (SSSR count). The van der Waals surface area contributed by atoms with Crippen molar-refractivity contribution in [1.29, 1.82) is 5.26 Å². The zero-order valence-electron chi connectivity index (χ0n) is 8.11. The first-order valence-corrected chi connectivity index (χ1v) is 6.84. The highest BCUT2D eigenvalue weighted by atomic mass is 79.9. The van der Waals surface area contributed by atoms with Gasteiger partial charge in [0.15, 0.2) is 0 Å². The SMILES string of the molecule is N#Cc1cc(Sc2cccc(Br)c2)c(N)s1. The van der Waals surface area contributed by atoms with Crippen LogP contribution in [0.5, 0.6) is 0 Å². The molecule has 0 aliphatic rings. The lowest BCUT2D eigenvalue weighted by Gasteiger charge is -2.00. The normalized spacial score (nSPS) is 10.0. The Balaban J connectivity index is 2.27. The third kappa shape index (κ3) is 2.59. The van der Waals surface area contributed by atoms with Crippen molar-refractivity contribution in [2.75, 3.05) is 5.73 Å². The fraction of sp³-hybridized carbons (Fsp3) is 0. The molecule has 2 nitrogen and oxygen atoms in total. The molecule has 0 saturated carbocycles. The summed E-state index contributed by atoms with van der Waals surface area (Å²) in [7, 11) is 0. The van der Waals surface area contributed by atoms with Gasteiger partial charge in [0.1, 0.15) is 15.9 Å². The van der Waals surface area contributed by atoms with Crippen LogP contribution < -0.4 is 5.73 Å². The molecule has 0 amide bonds. The topological polar surface area (TPSA) is 49.8 Å². The zero-order valence-corrected chi connectivity index (χ0v) is 11.3. The predicted molar refractivity (Wildman–Crippen MR) is 71.7 cm³/mol. The summed E-state index contributed by atoms with van der Waals surface area (Å²) in [4.78, 5) is 2.69. The highest BCUT2D eigenvalue weighted by Gasteiger charge is 2.07. The molecule has 0 spiro atoms. The Morgan fingerprint density at radius 1 is 1.38 bits per heavy atom. The number of hydrogen-bond donors (Lipinski definition) is 1. The van der Waals surface area contributed by atoms with Crippen LogP contribution in [-0.4, -0.2) is 0 Å². The van der Waals surface area contributed by atoms with Crippen LogP contribution in [0.3, 0.4) is 0 Å². The van der Waals surface area contributed by atoms with E-state index in [1.165, 1.54) is 11.3 Å². The minimum absolute atomic E-state index is 0.648. The fourth-order valence-corrected chi connectivity index (χ4v) is 3.54. The van der Waals surface area contributed by atoms with Crippen molar-refractivity contribution in [3.05, 3.63) is 39.7 Å². The lowest BCUT2D eigenvalue weighted by atomic mass is 10.4. The van der Waals surface area contributed by atoms with Gasteiger partial charge in [-0.1, -0.05) is 33.8 Å². The van der Waals surface area contributed by atoms with Crippen molar-refractivity contribution >= 4 is 44.0 Å². The molecule has 0 aliphatic carbocycles. The molecular formula is C11H7BrN2S2. The molecule has 0 atom stereocenters. The maximum Gasteiger partial charge on any atom is 0.110 e. The Morgan fingerprint density at radius 2 is 2.19 bits per heavy atom. The summed E-state index contributed by atoms with van der Waals surface area (Å²) < 4.78 is 1.03. The van der Waals surface area contributed by atoms with Gasteiger partial charge >= 0.3 is 0 Å². The average molecular weight is 311 g/mol. The maximum absolute atomic E-state index is 8.77. The number of nitrogen functional groups attached to an aromatic ring is 1. The molecule has 0 bridgehead atoms. The van der Waals surface area contributed by atoms with E-state index in [4.69, 9.17) is 11.0 Å². The largest absolute Gasteiger partial charge is 0.390 e. The van der Waals surface area contributed by atoms with Gasteiger partial charge < -0.3 is 5.73 Å². The first kappa shape index (κ1) is 11.5. The summed E-state index contributed by atoms with van der Waals surface area (Å²) in [5.74, 6) is 0. The highest BCUT2D eigenvalue weighted by Crippen LogP contribution is 2.37. The molecule has 0 saturated heterocycles. The number of rotatable bonds is 2. The minimum atomic E-state index is 0.648. The van der Waals surface area contributed by atoms with Crippen molar-refractivity contribution in [3.63, 3.8) is 0 Å². The van der Waals surface area contributed by atoms with Crippen molar-refractivity contribution in [3.8, 4) is 6.07 Å². The van der Waals surface area contributed by atoms with E-state index in [-0.39, 0.29) is 0 Å². The van der Waals surface area contributed by atoms with E-state index in [0.717, 1.165) is 14.3 Å². The van der Waals surface area contributed by atoms with Crippen molar-refractivity contribution in [2.45, 2.75) is 9.79 Å². The Hall–Kier alpha value is -0.960. The lowest BCUT2D eigenvalue weighted by molar-refractivity contribution is 1.41. The van der Waals surface area contributed by atoms with Crippen LogP contribution in [-0.2, 0) is 0 Å². The van der Waals surface area contributed by atoms with E-state index in [1.54, 1.807) is 11.8 Å². The molecule has 0 fully saturated rings. The second-order valence-electron chi connectivity index (χ2n) is 3.01. The monoisotopic (exact) mass is 310 g/mol. The summed E-state index contributed by atoms with van der Waals surface area (Å²) in [6, 6.07) is 11.9. The number of anilines is 1. The second kappa shape index (κ2) is 4.91. The van der Waals surface area contributed by atoms with Gasteiger partial charge in [0, 0.05) is 14.3 Å². The van der Waals surface area contributed by atoms with E-state index >= 15 is 0 Å². The average Bonchev–Trinajstić information content (AvgIpc) is 2.60. The van der Waals surface area contributed by atoms with Gasteiger partial charge in [-0.05, 0) is 24.3 Å². The standard InChI is InChI=1S/C11H7BrN2S2/c12-7-2-1-3-8(4-7)15-10-5-9(6-13)16-11(10)14/h1-5H,14H2. The molecule has 80 valence electrons. The number of hydrogen-bond acceptors (Lipinski definition) is 4. The molecule has 1 aromatic carbocycles. The van der Waals surface area contributed by atoms with Crippen molar-refractivity contribution < 1.29 is 0 Å². The minimum Gasteiger partial charge on any atom is -0.390 e. The van der Waals surface area contributed by atoms with Crippen LogP contribution in [0.15, 0.2) is 44.6 Å². The van der Waals surface area contributed by atoms with E-state index in [9.17, 15) is 0 Å². The molecule has 2 aromatic rings. The predicted octanol–water partition coefficient (Wildman–Crippen LogP) is 4.12. The van der Waals surface area contributed by atoms with E-state index in [2.05, 4.69) is 22.0 Å². The number of benzene rings is 1. The van der Waals surface area contributed by atoms with Gasteiger partial charge in [0.25, 0.3) is 0 Å². The van der Waals surface area contributed by atoms with Crippen LogP contribution in [0.4, 0.5) is 5.00 Å². The molecule has 1 aromatic heterocycles. The number of thiophene rings is 1. The molecule has 5 heteroatoms. The van der Waals surface area contributed by atoms with Crippen LogP contribution in [0.1, 0.15) is 4.88 Å². The Bertz CT molecular complexity index is 557. The number of nitrogens with two attached hydrogens (primary N) is 1. The zero-order chi connectivity index (χ0) is 11.5. The lowest BCUT2D eigenvalue weighted by Crippen LogP contribution is -1.80. The number of nitriles is 1. The van der Waals surface area contributed by atoms with Gasteiger partial charge in [-0.25, -0.2) is 0 Å². The van der Waals surface area contributed by atoms with E-state index < -0.39 is 0 Å². The Morgan fingerprint density at radius 3 is 2.81 bits per heavy atom. The summed E-state index contributed by atoms with van der Waals surface area (Å²) in [5, 5.41) is 9.47. The molecule has 0 unspecified atom stereocenters. The van der Waals surface area contributed by atoms with E-state index in [1.807, 2.05) is 30.3 Å². The molecular weight excluding hydrogens is 304 g/mol.